The molecule has 1 unspecified atom stereocenters. The summed E-state index contributed by atoms with van der Waals surface area (Å²) in [6.07, 6.45) is 6.27. The van der Waals surface area contributed by atoms with Crippen LogP contribution >= 0.6 is 12.4 Å². The fraction of sp³-hybridized carbons (Fsp3) is 1.00. The van der Waals surface area contributed by atoms with Gasteiger partial charge in [-0.15, -0.1) is 12.4 Å². The first-order valence-corrected chi connectivity index (χ1v) is 8.10. The average Bonchev–Trinajstić information content (AvgIpc) is 2.58. The number of rotatable bonds is 3. The number of piperidine rings is 1. The molecule has 2 aliphatic rings. The molecule has 0 aromatic rings. The van der Waals surface area contributed by atoms with Crippen LogP contribution in [-0.4, -0.2) is 44.9 Å². The Morgan fingerprint density at radius 3 is 2.28 bits per heavy atom. The third-order valence-electron chi connectivity index (χ3n) is 3.52. The van der Waals surface area contributed by atoms with Gasteiger partial charge in [0.1, 0.15) is 0 Å². The normalized spacial score (nSPS) is 27.2. The van der Waals surface area contributed by atoms with E-state index in [-0.39, 0.29) is 18.4 Å². The zero-order chi connectivity index (χ0) is 12.1. The van der Waals surface area contributed by atoms with Crippen LogP contribution in [0.4, 0.5) is 0 Å². The van der Waals surface area contributed by atoms with E-state index in [4.69, 9.17) is 0 Å². The average molecular weight is 298 g/mol. The van der Waals surface area contributed by atoms with Crippen LogP contribution in [0.2, 0.25) is 0 Å². The molecule has 2 heterocycles. The SMILES string of the molecule is Cl.O=S(=O)(NC1CCCNC1)N1CCCCCC1. The number of hydrogen-bond acceptors (Lipinski definition) is 3. The quantitative estimate of drug-likeness (QED) is 0.813. The predicted molar refractivity (Wildman–Crippen MR) is 75.2 cm³/mol. The molecule has 0 aromatic heterocycles. The highest BCUT2D eigenvalue weighted by Gasteiger charge is 2.26. The zero-order valence-electron chi connectivity index (χ0n) is 10.7. The topological polar surface area (TPSA) is 61.4 Å². The van der Waals surface area contributed by atoms with Gasteiger partial charge >= 0.3 is 0 Å². The molecule has 0 bridgehead atoms. The maximum absolute atomic E-state index is 12.2. The van der Waals surface area contributed by atoms with Crippen LogP contribution in [0, 0.1) is 0 Å². The van der Waals surface area contributed by atoms with Crippen molar-refractivity contribution in [1.29, 1.82) is 0 Å². The Bertz CT molecular complexity index is 323. The van der Waals surface area contributed by atoms with Gasteiger partial charge in [0.15, 0.2) is 0 Å². The van der Waals surface area contributed by atoms with Gasteiger partial charge in [0.2, 0.25) is 0 Å². The summed E-state index contributed by atoms with van der Waals surface area (Å²) in [6.45, 7) is 3.11. The van der Waals surface area contributed by atoms with E-state index in [2.05, 4.69) is 10.0 Å². The van der Waals surface area contributed by atoms with Crippen molar-refractivity contribution in [1.82, 2.24) is 14.3 Å². The summed E-state index contributed by atoms with van der Waals surface area (Å²) in [5.41, 5.74) is 0. The minimum Gasteiger partial charge on any atom is -0.315 e. The Hall–Kier alpha value is 0.120. The van der Waals surface area contributed by atoms with Crippen molar-refractivity contribution in [3.05, 3.63) is 0 Å². The van der Waals surface area contributed by atoms with Crippen LogP contribution in [0.5, 0.6) is 0 Å². The molecule has 0 radical (unpaired) electrons. The Balaban J connectivity index is 0.00000162. The van der Waals surface area contributed by atoms with E-state index in [0.717, 1.165) is 51.6 Å². The molecule has 18 heavy (non-hydrogen) atoms. The first kappa shape index (κ1) is 16.2. The molecule has 1 atom stereocenters. The summed E-state index contributed by atoms with van der Waals surface area (Å²) in [6, 6.07) is 0.0667. The van der Waals surface area contributed by atoms with E-state index in [1.54, 1.807) is 4.31 Å². The van der Waals surface area contributed by atoms with Gasteiger partial charge in [-0.1, -0.05) is 12.8 Å². The van der Waals surface area contributed by atoms with E-state index < -0.39 is 10.2 Å². The Morgan fingerprint density at radius 1 is 1.06 bits per heavy atom. The molecule has 2 N–H and O–H groups in total. The van der Waals surface area contributed by atoms with Gasteiger partial charge in [0.05, 0.1) is 0 Å². The van der Waals surface area contributed by atoms with Gasteiger partial charge in [0, 0.05) is 25.7 Å². The third kappa shape index (κ3) is 4.66. The van der Waals surface area contributed by atoms with Crippen LogP contribution in [0.25, 0.3) is 0 Å². The van der Waals surface area contributed by atoms with Crippen molar-refractivity contribution in [2.24, 2.45) is 0 Å². The minimum absolute atomic E-state index is 0. The second-order valence-corrected chi connectivity index (χ2v) is 6.68. The maximum atomic E-state index is 12.2. The smallest absolute Gasteiger partial charge is 0.279 e. The van der Waals surface area contributed by atoms with Gasteiger partial charge in [-0.2, -0.15) is 17.4 Å². The Labute approximate surface area is 116 Å². The lowest BCUT2D eigenvalue weighted by Gasteiger charge is -2.27. The lowest BCUT2D eigenvalue weighted by atomic mass is 10.1. The van der Waals surface area contributed by atoms with Gasteiger partial charge in [-0.05, 0) is 32.2 Å². The van der Waals surface area contributed by atoms with Gasteiger partial charge < -0.3 is 5.32 Å². The first-order chi connectivity index (χ1) is 8.18. The lowest BCUT2D eigenvalue weighted by Crippen LogP contribution is -2.50. The van der Waals surface area contributed by atoms with Crippen molar-refractivity contribution in [3.63, 3.8) is 0 Å². The van der Waals surface area contributed by atoms with Gasteiger partial charge in [-0.25, -0.2) is 0 Å². The largest absolute Gasteiger partial charge is 0.315 e. The molecular formula is C11H24ClN3O2S. The first-order valence-electron chi connectivity index (χ1n) is 6.66. The highest BCUT2D eigenvalue weighted by atomic mass is 35.5. The standard InChI is InChI=1S/C11H23N3O2S.ClH/c15-17(16,13-11-6-5-7-12-10-11)14-8-3-1-2-4-9-14;/h11-13H,1-10H2;1H. The monoisotopic (exact) mass is 297 g/mol. The van der Waals surface area contributed by atoms with E-state index in [1.165, 1.54) is 0 Å². The Morgan fingerprint density at radius 2 is 1.72 bits per heavy atom. The molecule has 7 heteroatoms. The summed E-state index contributed by atoms with van der Waals surface area (Å²) >= 11 is 0. The predicted octanol–water partition coefficient (Wildman–Crippen LogP) is 0.871. The molecule has 2 aliphatic heterocycles. The van der Waals surface area contributed by atoms with Crippen LogP contribution in [0.3, 0.4) is 0 Å². The summed E-state index contributed by atoms with van der Waals surface area (Å²) in [7, 11) is -3.26. The second-order valence-electron chi connectivity index (χ2n) is 4.98. The van der Waals surface area contributed by atoms with Crippen LogP contribution < -0.4 is 10.0 Å². The number of nitrogens with zero attached hydrogens (tertiary/aromatic N) is 1. The minimum atomic E-state index is -3.26. The molecule has 2 saturated heterocycles. The molecule has 0 aliphatic carbocycles. The maximum Gasteiger partial charge on any atom is 0.279 e. The third-order valence-corrected chi connectivity index (χ3v) is 5.19. The molecule has 108 valence electrons. The summed E-state index contributed by atoms with van der Waals surface area (Å²) in [4.78, 5) is 0. The summed E-state index contributed by atoms with van der Waals surface area (Å²) < 4.78 is 28.8. The Kier molecular flexibility index (Phi) is 6.87. The molecular weight excluding hydrogens is 274 g/mol. The summed E-state index contributed by atoms with van der Waals surface area (Å²) in [5, 5.41) is 3.23. The van der Waals surface area contributed by atoms with Crippen LogP contribution in [0.1, 0.15) is 38.5 Å². The van der Waals surface area contributed by atoms with Crippen molar-refractivity contribution in [3.8, 4) is 0 Å². The van der Waals surface area contributed by atoms with Gasteiger partial charge in [0.25, 0.3) is 10.2 Å². The van der Waals surface area contributed by atoms with Crippen molar-refractivity contribution < 1.29 is 8.42 Å². The highest BCUT2D eigenvalue weighted by Crippen LogP contribution is 2.13. The number of nitrogens with one attached hydrogen (secondary N) is 2. The van der Waals surface area contributed by atoms with E-state index in [9.17, 15) is 8.42 Å². The molecule has 0 amide bonds. The van der Waals surface area contributed by atoms with Crippen molar-refractivity contribution >= 4 is 22.6 Å². The summed E-state index contributed by atoms with van der Waals surface area (Å²) in [5.74, 6) is 0. The van der Waals surface area contributed by atoms with Crippen molar-refractivity contribution in [2.45, 2.75) is 44.6 Å². The van der Waals surface area contributed by atoms with Gasteiger partial charge in [-0.3, -0.25) is 0 Å². The second kappa shape index (κ2) is 7.65. The van der Waals surface area contributed by atoms with E-state index in [0.29, 0.717) is 13.1 Å². The van der Waals surface area contributed by atoms with Crippen LogP contribution in [0.15, 0.2) is 0 Å². The zero-order valence-corrected chi connectivity index (χ0v) is 12.4. The molecule has 0 aromatic carbocycles. The number of hydrogen-bond donors (Lipinski definition) is 2. The molecule has 5 nitrogen and oxygen atoms in total. The fourth-order valence-electron chi connectivity index (χ4n) is 2.52. The van der Waals surface area contributed by atoms with E-state index >= 15 is 0 Å². The van der Waals surface area contributed by atoms with Crippen LogP contribution in [-0.2, 0) is 10.2 Å². The van der Waals surface area contributed by atoms with E-state index in [1.807, 2.05) is 0 Å². The number of halogens is 1. The molecule has 0 spiro atoms. The molecule has 2 rings (SSSR count). The lowest BCUT2D eigenvalue weighted by molar-refractivity contribution is 0.384. The molecule has 2 fully saturated rings. The van der Waals surface area contributed by atoms with Crippen molar-refractivity contribution in [2.75, 3.05) is 26.2 Å². The highest BCUT2D eigenvalue weighted by molar-refractivity contribution is 7.87. The fourth-order valence-corrected chi connectivity index (χ4v) is 4.03. The molecule has 0 saturated carbocycles.